The molecule has 1 aromatic carbocycles. The van der Waals surface area contributed by atoms with E-state index in [2.05, 4.69) is 9.97 Å². The predicted octanol–water partition coefficient (Wildman–Crippen LogP) is 5.81. The van der Waals surface area contributed by atoms with Crippen LogP contribution in [-0.4, -0.2) is 15.8 Å². The van der Waals surface area contributed by atoms with Crippen LogP contribution in [0.3, 0.4) is 0 Å². The molecule has 1 aliphatic rings. The van der Waals surface area contributed by atoms with Crippen LogP contribution in [0.15, 0.2) is 48.7 Å². The van der Waals surface area contributed by atoms with E-state index in [0.29, 0.717) is 28.6 Å². The molecule has 0 bridgehead atoms. The van der Waals surface area contributed by atoms with E-state index in [1.165, 1.54) is 12.1 Å². The molecule has 4 rings (SSSR count). The van der Waals surface area contributed by atoms with Gasteiger partial charge in [0.25, 0.3) is 0 Å². The van der Waals surface area contributed by atoms with Crippen molar-refractivity contribution >= 4 is 34.5 Å². The summed E-state index contributed by atoms with van der Waals surface area (Å²) < 4.78 is 39.7. The Morgan fingerprint density at radius 1 is 1.11 bits per heavy atom. The first kappa shape index (κ1) is 18.6. The number of pyridine rings is 2. The lowest BCUT2D eigenvalue weighted by Crippen LogP contribution is -2.12. The molecule has 0 spiro atoms. The fourth-order valence-corrected chi connectivity index (χ4v) is 3.68. The molecular weight excluding hydrogens is 389 g/mol. The highest BCUT2D eigenvalue weighted by Gasteiger charge is 2.32. The lowest BCUT2D eigenvalue weighted by Gasteiger charge is -2.23. The molecule has 0 radical (unpaired) electrons. The summed E-state index contributed by atoms with van der Waals surface area (Å²) in [5.74, 6) is -0.524. The Hall–Kier alpha value is -2.73. The number of fused-ring (bicyclic) bond motifs is 3. The van der Waals surface area contributed by atoms with Gasteiger partial charge in [-0.05, 0) is 53.5 Å². The third kappa shape index (κ3) is 3.52. The van der Waals surface area contributed by atoms with Gasteiger partial charge in [-0.3, -0.25) is 9.78 Å². The van der Waals surface area contributed by atoms with E-state index in [1.807, 2.05) is 0 Å². The number of hydrogen-bond donors (Lipinski definition) is 0. The predicted molar refractivity (Wildman–Crippen MR) is 101 cm³/mol. The van der Waals surface area contributed by atoms with Crippen LogP contribution in [-0.2, 0) is 11.0 Å². The van der Waals surface area contributed by atoms with Gasteiger partial charge in [0.15, 0.2) is 5.78 Å². The Balaban J connectivity index is 1.98. The summed E-state index contributed by atoms with van der Waals surface area (Å²) in [5.41, 5.74) is 2.27. The third-order valence-corrected chi connectivity index (χ3v) is 5.05. The fraction of sp³-hybridized carbons (Fsp3) is 0.190. The van der Waals surface area contributed by atoms with Gasteiger partial charge in [0.2, 0.25) is 0 Å². The highest BCUT2D eigenvalue weighted by Crippen LogP contribution is 2.39. The van der Waals surface area contributed by atoms with E-state index < -0.39 is 17.7 Å². The molecule has 0 saturated heterocycles. The summed E-state index contributed by atoms with van der Waals surface area (Å²) in [5, 5.41) is 0.271. The second kappa shape index (κ2) is 7.02. The quantitative estimate of drug-likeness (QED) is 0.482. The standard InChI is InChI=1S/C21H14ClF3N2O/c22-18-9-8-17-20(27-18)19-13(11-26-17)4-5-15(28)6-7-16(19)12-2-1-3-14(10-12)21(23,24)25/h1-5,8-11,16H,6-7H2. The van der Waals surface area contributed by atoms with E-state index in [1.54, 1.807) is 30.5 Å². The number of aromatic nitrogens is 2. The normalized spacial score (nSPS) is 17.3. The van der Waals surface area contributed by atoms with E-state index in [4.69, 9.17) is 11.6 Å². The molecule has 1 unspecified atom stereocenters. The van der Waals surface area contributed by atoms with Gasteiger partial charge in [-0.1, -0.05) is 29.8 Å². The molecule has 7 heteroatoms. The van der Waals surface area contributed by atoms with Gasteiger partial charge < -0.3 is 0 Å². The lowest BCUT2D eigenvalue weighted by atomic mass is 9.82. The molecule has 2 aromatic heterocycles. The molecular formula is C21H14ClF3N2O. The molecule has 1 aliphatic carbocycles. The molecule has 3 aromatic rings. The zero-order valence-corrected chi connectivity index (χ0v) is 15.3. The molecule has 2 heterocycles. The van der Waals surface area contributed by atoms with E-state index >= 15 is 0 Å². The molecule has 0 saturated carbocycles. The Labute approximate surface area is 163 Å². The van der Waals surface area contributed by atoms with Crippen LogP contribution in [0.5, 0.6) is 0 Å². The van der Waals surface area contributed by atoms with E-state index in [0.717, 1.165) is 17.7 Å². The van der Waals surface area contributed by atoms with Crippen LogP contribution in [0.1, 0.15) is 41.0 Å². The first-order valence-corrected chi connectivity index (χ1v) is 9.04. The van der Waals surface area contributed by atoms with Crippen molar-refractivity contribution < 1.29 is 18.0 Å². The van der Waals surface area contributed by atoms with Crippen LogP contribution in [0.25, 0.3) is 17.1 Å². The van der Waals surface area contributed by atoms with E-state index in [-0.39, 0.29) is 17.4 Å². The summed E-state index contributed by atoms with van der Waals surface area (Å²) in [4.78, 5) is 20.8. The molecule has 0 N–H and O–H groups in total. The average molecular weight is 403 g/mol. The number of rotatable bonds is 1. The number of benzene rings is 1. The van der Waals surface area contributed by atoms with Crippen LogP contribution in [0, 0.1) is 0 Å². The van der Waals surface area contributed by atoms with E-state index in [9.17, 15) is 18.0 Å². The zero-order valence-electron chi connectivity index (χ0n) is 14.5. The van der Waals surface area contributed by atoms with Crippen molar-refractivity contribution in [3.63, 3.8) is 0 Å². The van der Waals surface area contributed by atoms with Crippen LogP contribution in [0.4, 0.5) is 13.2 Å². The van der Waals surface area contributed by atoms with Crippen molar-refractivity contribution in [2.45, 2.75) is 24.9 Å². The number of ketones is 1. The van der Waals surface area contributed by atoms with Crippen molar-refractivity contribution in [2.75, 3.05) is 0 Å². The number of carbonyl (C=O) groups excluding carboxylic acids is 1. The second-order valence-corrected chi connectivity index (χ2v) is 7.03. The lowest BCUT2D eigenvalue weighted by molar-refractivity contribution is -0.137. The number of carbonyl (C=O) groups is 1. The molecule has 142 valence electrons. The molecule has 0 amide bonds. The number of halogens is 4. The van der Waals surface area contributed by atoms with Crippen molar-refractivity contribution in [1.82, 2.24) is 9.97 Å². The molecule has 0 aliphatic heterocycles. The average Bonchev–Trinajstić information content (AvgIpc) is 2.65. The smallest absolute Gasteiger partial charge is 0.295 e. The molecule has 3 nitrogen and oxygen atoms in total. The molecule has 28 heavy (non-hydrogen) atoms. The van der Waals surface area contributed by atoms with Gasteiger partial charge in [-0.25, -0.2) is 4.98 Å². The van der Waals surface area contributed by atoms with Crippen molar-refractivity contribution in [3.05, 3.63) is 76.1 Å². The number of allylic oxidation sites excluding steroid dienone is 1. The maximum absolute atomic E-state index is 13.2. The largest absolute Gasteiger partial charge is 0.416 e. The first-order chi connectivity index (χ1) is 13.3. The monoisotopic (exact) mass is 402 g/mol. The Morgan fingerprint density at radius 2 is 1.93 bits per heavy atom. The first-order valence-electron chi connectivity index (χ1n) is 8.66. The van der Waals surface area contributed by atoms with Gasteiger partial charge in [-0.2, -0.15) is 13.2 Å². The number of nitrogens with zero attached hydrogens (tertiary/aromatic N) is 2. The van der Waals surface area contributed by atoms with Crippen molar-refractivity contribution in [3.8, 4) is 0 Å². The van der Waals surface area contributed by atoms with Crippen molar-refractivity contribution in [2.24, 2.45) is 0 Å². The van der Waals surface area contributed by atoms with Gasteiger partial charge in [0.05, 0.1) is 16.6 Å². The van der Waals surface area contributed by atoms with Gasteiger partial charge in [0.1, 0.15) is 5.15 Å². The zero-order chi connectivity index (χ0) is 19.9. The highest BCUT2D eigenvalue weighted by molar-refractivity contribution is 6.29. The highest BCUT2D eigenvalue weighted by atomic mass is 35.5. The minimum atomic E-state index is -4.45. The van der Waals surface area contributed by atoms with Crippen molar-refractivity contribution in [1.29, 1.82) is 0 Å². The Morgan fingerprint density at radius 3 is 2.71 bits per heavy atom. The van der Waals surface area contributed by atoms with Gasteiger partial charge in [-0.15, -0.1) is 0 Å². The van der Waals surface area contributed by atoms with Gasteiger partial charge >= 0.3 is 6.18 Å². The third-order valence-electron chi connectivity index (χ3n) is 4.84. The maximum atomic E-state index is 13.2. The Kier molecular flexibility index (Phi) is 4.67. The summed E-state index contributed by atoms with van der Waals surface area (Å²) in [6, 6.07) is 8.56. The second-order valence-electron chi connectivity index (χ2n) is 6.64. The SMILES string of the molecule is O=C1C=Cc2cnc3ccc(Cl)nc3c2C(c2cccc(C(F)(F)F)c2)CC1. The maximum Gasteiger partial charge on any atom is 0.416 e. The molecule has 0 fully saturated rings. The summed E-state index contributed by atoms with van der Waals surface area (Å²) in [7, 11) is 0. The van der Waals surface area contributed by atoms with Crippen LogP contribution >= 0.6 is 11.6 Å². The number of alkyl halides is 3. The number of hydrogen-bond acceptors (Lipinski definition) is 3. The Bertz CT molecular complexity index is 1110. The fourth-order valence-electron chi connectivity index (χ4n) is 3.54. The molecule has 1 atom stereocenters. The summed E-state index contributed by atoms with van der Waals surface area (Å²) in [6.45, 7) is 0. The van der Waals surface area contributed by atoms with Crippen LogP contribution < -0.4 is 0 Å². The summed E-state index contributed by atoms with van der Waals surface area (Å²) in [6.07, 6.45) is 0.874. The topological polar surface area (TPSA) is 42.9 Å². The van der Waals surface area contributed by atoms with Crippen LogP contribution in [0.2, 0.25) is 5.15 Å². The minimum Gasteiger partial charge on any atom is -0.295 e. The minimum absolute atomic E-state index is 0.0817. The van der Waals surface area contributed by atoms with Gasteiger partial charge in [0, 0.05) is 18.5 Å². The summed E-state index contributed by atoms with van der Waals surface area (Å²) >= 11 is 6.08.